The summed E-state index contributed by atoms with van der Waals surface area (Å²) in [6, 6.07) is 9.57. The molecule has 0 aromatic carbocycles. The summed E-state index contributed by atoms with van der Waals surface area (Å²) in [5, 5.41) is 5.35. The average molecular weight is 454 g/mol. The molecule has 7 nitrogen and oxygen atoms in total. The van der Waals surface area contributed by atoms with Crippen LogP contribution >= 0.6 is 22.9 Å². The van der Waals surface area contributed by atoms with Gasteiger partial charge in [0.15, 0.2) is 0 Å². The number of thiophene rings is 1. The summed E-state index contributed by atoms with van der Waals surface area (Å²) in [7, 11) is 0. The molecule has 0 saturated carbocycles. The molecule has 1 saturated heterocycles. The monoisotopic (exact) mass is 453 g/mol. The number of hydrogen-bond donors (Lipinski definition) is 0. The molecule has 0 atom stereocenters. The number of carbonyl (C=O) groups is 1. The summed E-state index contributed by atoms with van der Waals surface area (Å²) >= 11 is 7.93. The quantitative estimate of drug-likeness (QED) is 0.452. The second kappa shape index (κ2) is 7.94. The van der Waals surface area contributed by atoms with Gasteiger partial charge in [-0.05, 0) is 44.2 Å². The Labute approximate surface area is 188 Å². The maximum atomic E-state index is 13.5. The number of hydrogen-bond acceptors (Lipinski definition) is 7. The first-order valence-electron chi connectivity index (χ1n) is 10.00. The molecule has 1 amide bonds. The van der Waals surface area contributed by atoms with E-state index in [2.05, 4.69) is 20.0 Å². The van der Waals surface area contributed by atoms with Crippen molar-refractivity contribution < 1.29 is 9.32 Å². The number of aryl methyl sites for hydroxylation is 2. The molecule has 0 radical (unpaired) electrons. The van der Waals surface area contributed by atoms with Crippen LogP contribution in [0.4, 0.5) is 5.82 Å². The van der Waals surface area contributed by atoms with Crippen LogP contribution in [0.1, 0.15) is 20.9 Å². The normalized spacial score (nSPS) is 14.4. The third-order valence-corrected chi connectivity index (χ3v) is 6.76. The minimum Gasteiger partial charge on any atom is -0.352 e. The minimum atomic E-state index is -0.0417. The van der Waals surface area contributed by atoms with E-state index in [0.717, 1.165) is 16.4 Å². The van der Waals surface area contributed by atoms with Crippen LogP contribution in [0.2, 0.25) is 5.02 Å². The number of piperazine rings is 1. The van der Waals surface area contributed by atoms with Crippen LogP contribution in [0.15, 0.2) is 41.1 Å². The van der Waals surface area contributed by atoms with Crippen molar-refractivity contribution in [3.63, 3.8) is 0 Å². The van der Waals surface area contributed by atoms with Crippen LogP contribution in [0, 0.1) is 13.8 Å². The Hall–Kier alpha value is -2.97. The average Bonchev–Trinajstić information content (AvgIpc) is 3.39. The number of pyridine rings is 2. The molecule has 4 aromatic heterocycles. The lowest BCUT2D eigenvalue weighted by Crippen LogP contribution is -2.49. The van der Waals surface area contributed by atoms with Crippen LogP contribution in [-0.2, 0) is 0 Å². The molecule has 9 heteroatoms. The number of carbonyl (C=O) groups excluding carboxylic acids is 1. The fourth-order valence-electron chi connectivity index (χ4n) is 3.86. The molecule has 4 aromatic rings. The van der Waals surface area contributed by atoms with Crippen molar-refractivity contribution in [2.24, 2.45) is 0 Å². The molecule has 0 N–H and O–H groups in total. The molecule has 5 rings (SSSR count). The maximum Gasteiger partial charge on any atom is 0.259 e. The highest BCUT2D eigenvalue weighted by Gasteiger charge is 2.27. The van der Waals surface area contributed by atoms with E-state index < -0.39 is 0 Å². The Morgan fingerprint density at radius 1 is 1.16 bits per heavy atom. The van der Waals surface area contributed by atoms with E-state index in [1.807, 2.05) is 49.1 Å². The molecular formula is C22H20ClN5O2S. The molecule has 0 spiro atoms. The predicted molar refractivity (Wildman–Crippen MR) is 122 cm³/mol. The van der Waals surface area contributed by atoms with Gasteiger partial charge in [0, 0.05) is 37.3 Å². The van der Waals surface area contributed by atoms with Crippen molar-refractivity contribution in [3.8, 4) is 10.6 Å². The first-order chi connectivity index (χ1) is 15.0. The molecule has 1 aliphatic heterocycles. The molecule has 31 heavy (non-hydrogen) atoms. The van der Waals surface area contributed by atoms with Crippen molar-refractivity contribution in [3.05, 3.63) is 57.7 Å². The second-order valence-corrected chi connectivity index (χ2v) is 9.20. The molecule has 0 bridgehead atoms. The van der Waals surface area contributed by atoms with Gasteiger partial charge in [0.2, 0.25) is 0 Å². The fourth-order valence-corrected chi connectivity index (χ4v) is 4.93. The van der Waals surface area contributed by atoms with E-state index in [1.54, 1.807) is 17.5 Å². The van der Waals surface area contributed by atoms with E-state index in [0.29, 0.717) is 53.6 Å². The molecule has 1 aliphatic rings. The lowest BCUT2D eigenvalue weighted by Gasteiger charge is -2.35. The Balaban J connectivity index is 1.45. The number of nitrogens with zero attached hydrogens (tertiary/aromatic N) is 5. The van der Waals surface area contributed by atoms with E-state index in [4.69, 9.17) is 16.1 Å². The van der Waals surface area contributed by atoms with Crippen LogP contribution in [0.25, 0.3) is 21.7 Å². The van der Waals surface area contributed by atoms with Gasteiger partial charge in [0.05, 0.1) is 32.2 Å². The molecule has 1 fully saturated rings. The van der Waals surface area contributed by atoms with Crippen molar-refractivity contribution >= 4 is 45.8 Å². The van der Waals surface area contributed by atoms with Gasteiger partial charge < -0.3 is 14.3 Å². The molecule has 0 unspecified atom stereocenters. The highest BCUT2D eigenvalue weighted by Crippen LogP contribution is 2.32. The van der Waals surface area contributed by atoms with E-state index in [1.165, 1.54) is 4.88 Å². The molecular weight excluding hydrogens is 434 g/mol. The van der Waals surface area contributed by atoms with Crippen molar-refractivity contribution in [1.82, 2.24) is 20.0 Å². The van der Waals surface area contributed by atoms with E-state index >= 15 is 0 Å². The van der Waals surface area contributed by atoms with E-state index in [9.17, 15) is 4.79 Å². The number of anilines is 1. The molecule has 5 heterocycles. The van der Waals surface area contributed by atoms with Gasteiger partial charge >= 0.3 is 0 Å². The number of halogens is 1. The zero-order valence-corrected chi connectivity index (χ0v) is 18.7. The zero-order valence-electron chi connectivity index (χ0n) is 17.1. The van der Waals surface area contributed by atoms with Gasteiger partial charge in [-0.3, -0.25) is 4.79 Å². The third-order valence-electron chi connectivity index (χ3n) is 5.45. The van der Waals surface area contributed by atoms with Gasteiger partial charge in [-0.1, -0.05) is 16.8 Å². The van der Waals surface area contributed by atoms with Crippen LogP contribution < -0.4 is 4.90 Å². The van der Waals surface area contributed by atoms with Gasteiger partial charge in [0.25, 0.3) is 11.6 Å². The van der Waals surface area contributed by atoms with Gasteiger partial charge in [-0.25, -0.2) is 9.97 Å². The van der Waals surface area contributed by atoms with E-state index in [-0.39, 0.29) is 5.91 Å². The summed E-state index contributed by atoms with van der Waals surface area (Å²) in [6.45, 7) is 6.36. The van der Waals surface area contributed by atoms with Crippen molar-refractivity contribution in [2.75, 3.05) is 31.1 Å². The molecule has 0 aliphatic carbocycles. The number of rotatable bonds is 3. The number of fused-ring (bicyclic) bond motifs is 1. The lowest BCUT2D eigenvalue weighted by atomic mass is 10.1. The first kappa shape index (κ1) is 20.0. The van der Waals surface area contributed by atoms with Gasteiger partial charge in [-0.15, -0.1) is 11.3 Å². The molecule has 158 valence electrons. The van der Waals surface area contributed by atoms with Crippen molar-refractivity contribution in [1.29, 1.82) is 0 Å². The fraction of sp³-hybridized carbons (Fsp3) is 0.273. The number of aromatic nitrogens is 3. The lowest BCUT2D eigenvalue weighted by molar-refractivity contribution is 0.0748. The topological polar surface area (TPSA) is 75.4 Å². The highest BCUT2D eigenvalue weighted by atomic mass is 35.5. The van der Waals surface area contributed by atoms with Crippen LogP contribution in [0.5, 0.6) is 0 Å². The highest BCUT2D eigenvalue weighted by molar-refractivity contribution is 7.15. The van der Waals surface area contributed by atoms with Gasteiger partial charge in [-0.2, -0.15) is 0 Å². The first-order valence-corrected chi connectivity index (χ1v) is 11.2. The summed E-state index contributed by atoms with van der Waals surface area (Å²) in [5.41, 5.74) is 2.36. The minimum absolute atomic E-state index is 0.0417. The Morgan fingerprint density at radius 3 is 2.68 bits per heavy atom. The Bertz CT molecular complexity index is 1280. The van der Waals surface area contributed by atoms with Crippen molar-refractivity contribution in [2.45, 2.75) is 13.8 Å². The summed E-state index contributed by atoms with van der Waals surface area (Å²) < 4.78 is 5.43. The summed E-state index contributed by atoms with van der Waals surface area (Å²) in [6.07, 6.45) is 1.73. The largest absolute Gasteiger partial charge is 0.352 e. The zero-order chi connectivity index (χ0) is 21.5. The van der Waals surface area contributed by atoms with Gasteiger partial charge in [0.1, 0.15) is 5.82 Å². The maximum absolute atomic E-state index is 13.5. The smallest absolute Gasteiger partial charge is 0.259 e. The third kappa shape index (κ3) is 3.66. The SMILES string of the molecule is Cc1ccc(-c2cc(C(=O)N3CCN(c4ncccc4Cl)CC3)c3c(C)noc3n2)s1. The summed E-state index contributed by atoms with van der Waals surface area (Å²) in [4.78, 5) is 28.7. The standard InChI is InChI=1S/C22H20ClN5O2S/c1-13-5-6-18(31-13)17-12-15(19-14(2)26-30-21(19)25-17)22(29)28-10-8-27(9-11-28)20-16(23)4-3-7-24-20/h3-7,12H,8-11H2,1-2H3. The number of amides is 1. The van der Waals surface area contributed by atoms with Crippen LogP contribution in [-0.4, -0.2) is 52.1 Å². The Kier molecular flexibility index (Phi) is 5.11. The Morgan fingerprint density at radius 2 is 1.97 bits per heavy atom. The predicted octanol–water partition coefficient (Wildman–Crippen LogP) is 4.58. The van der Waals surface area contributed by atoms with Crippen LogP contribution in [0.3, 0.4) is 0 Å². The second-order valence-electron chi connectivity index (χ2n) is 7.50. The summed E-state index contributed by atoms with van der Waals surface area (Å²) in [5.74, 6) is 0.716.